The van der Waals surface area contributed by atoms with Gasteiger partial charge >= 0.3 is 30.0 Å². The molecule has 0 radical (unpaired) electrons. The van der Waals surface area contributed by atoms with Crippen molar-refractivity contribution in [2.45, 2.75) is 124 Å². The summed E-state index contributed by atoms with van der Waals surface area (Å²) in [5, 5.41) is 15.1. The molecule has 1 aromatic rings. The lowest BCUT2D eigenvalue weighted by Gasteiger charge is -2.28. The molecule has 51 heavy (non-hydrogen) atoms. The largest absolute Gasteiger partial charge is 0.469 e. The van der Waals surface area contributed by atoms with Crippen LogP contribution in [-0.2, 0) is 59.1 Å². The van der Waals surface area contributed by atoms with Crippen LogP contribution in [0.2, 0.25) is 0 Å². The average molecular weight is 723 g/mol. The molecule has 0 aliphatic heterocycles. The smallest absolute Gasteiger partial charge is 0.408 e. The Balaban J connectivity index is 3.14. The molecule has 0 saturated heterocycles. The average Bonchev–Trinajstić information content (AvgIpc) is 3.07. The number of hydrogen-bond acceptors (Lipinski definition) is 13. The predicted molar refractivity (Wildman–Crippen MR) is 182 cm³/mol. The highest BCUT2D eigenvalue weighted by molar-refractivity contribution is 6.00. The summed E-state index contributed by atoms with van der Waals surface area (Å²) in [7, 11) is 1.14. The molecule has 2 amide bonds. The summed E-state index contributed by atoms with van der Waals surface area (Å²) in [6.45, 7) is 12.9. The molecule has 0 heterocycles. The highest BCUT2D eigenvalue weighted by Gasteiger charge is 2.38. The van der Waals surface area contributed by atoms with Gasteiger partial charge in [-0.1, -0.05) is 71.9 Å². The van der Waals surface area contributed by atoms with Crippen molar-refractivity contribution in [1.82, 2.24) is 10.6 Å². The Morgan fingerprint density at radius 1 is 0.765 bits per heavy atom. The highest BCUT2D eigenvalue weighted by atomic mass is 16.6. The van der Waals surface area contributed by atoms with Gasteiger partial charge in [-0.05, 0) is 50.5 Å². The van der Waals surface area contributed by atoms with E-state index in [1.54, 1.807) is 58.0 Å². The van der Waals surface area contributed by atoms with E-state index in [1.165, 1.54) is 13.8 Å². The number of ketones is 1. The van der Waals surface area contributed by atoms with Crippen LogP contribution in [0.3, 0.4) is 0 Å². The topological polar surface area (TPSA) is 210 Å². The number of benzene rings is 1. The van der Waals surface area contributed by atoms with E-state index in [2.05, 4.69) is 15.4 Å². The van der Waals surface area contributed by atoms with Gasteiger partial charge in [0.05, 0.1) is 13.2 Å². The van der Waals surface area contributed by atoms with Gasteiger partial charge in [0.1, 0.15) is 19.1 Å². The minimum Gasteiger partial charge on any atom is -0.469 e. The van der Waals surface area contributed by atoms with Crippen LogP contribution in [0, 0.1) is 17.8 Å². The Kier molecular flexibility index (Phi) is 19.5. The third-order valence-corrected chi connectivity index (χ3v) is 7.72. The van der Waals surface area contributed by atoms with E-state index < -0.39 is 90.5 Å². The first kappa shape index (κ1) is 44.5. The lowest BCUT2D eigenvalue weighted by Crippen LogP contribution is -2.52. The molecule has 1 rings (SSSR count). The molecule has 0 fully saturated rings. The molecule has 1 unspecified atom stereocenters. The van der Waals surface area contributed by atoms with Crippen molar-refractivity contribution in [3.05, 3.63) is 35.9 Å². The minimum absolute atomic E-state index is 0.0433. The number of carbonyl (C=O) groups excluding carboxylic acids is 7. The fourth-order valence-corrected chi connectivity index (χ4v) is 4.62. The van der Waals surface area contributed by atoms with E-state index in [-0.39, 0.29) is 31.3 Å². The van der Waals surface area contributed by atoms with Gasteiger partial charge in [0.2, 0.25) is 0 Å². The van der Waals surface area contributed by atoms with Crippen molar-refractivity contribution < 1.29 is 62.4 Å². The minimum atomic E-state index is -1.69. The van der Waals surface area contributed by atoms with Crippen LogP contribution in [0.15, 0.2) is 30.3 Å². The number of carbonyl (C=O) groups is 7. The molecule has 0 aliphatic carbocycles. The van der Waals surface area contributed by atoms with E-state index in [9.17, 15) is 38.7 Å². The Morgan fingerprint density at radius 3 is 1.92 bits per heavy atom. The van der Waals surface area contributed by atoms with Crippen LogP contribution in [0.4, 0.5) is 4.79 Å². The summed E-state index contributed by atoms with van der Waals surface area (Å²) in [5.74, 6) is -6.13. The highest BCUT2D eigenvalue weighted by Crippen LogP contribution is 2.17. The second-order valence-electron chi connectivity index (χ2n) is 13.2. The maximum atomic E-state index is 13.4. The van der Waals surface area contributed by atoms with Crippen molar-refractivity contribution >= 4 is 41.7 Å². The summed E-state index contributed by atoms with van der Waals surface area (Å²) in [6, 6.07) is 5.94. The van der Waals surface area contributed by atoms with Gasteiger partial charge in [0.25, 0.3) is 5.91 Å². The molecule has 0 bridgehead atoms. The van der Waals surface area contributed by atoms with Crippen molar-refractivity contribution in [2.24, 2.45) is 17.8 Å². The first-order chi connectivity index (χ1) is 23.9. The molecular weight excluding hydrogens is 668 g/mol. The van der Waals surface area contributed by atoms with Crippen LogP contribution >= 0.6 is 0 Å². The summed E-state index contributed by atoms with van der Waals surface area (Å²) in [6.07, 6.45) is -6.87. The molecule has 1 aromatic carbocycles. The molecule has 0 saturated carbocycles. The SMILES string of the molecule is CCC(C)[C@H](OC(=O)[C@H](C)OC(=O)[C@@H](NC(=O)OCc1ccccc1)[C@@H](C)OC(=O)[C@@H](O)CC(C)C)C(=O)N[C@@H](CC(C)C)C(=O)CC(=O)OC. The number of hydrogen-bond donors (Lipinski definition) is 3. The number of aliphatic hydroxyl groups is 1. The normalized spacial score (nSPS) is 15.2. The lowest BCUT2D eigenvalue weighted by atomic mass is 9.96. The number of methoxy groups -OCH3 is 1. The fourth-order valence-electron chi connectivity index (χ4n) is 4.62. The molecule has 7 atom stereocenters. The first-order valence-corrected chi connectivity index (χ1v) is 17.1. The first-order valence-electron chi connectivity index (χ1n) is 17.1. The van der Waals surface area contributed by atoms with E-state index >= 15 is 0 Å². The number of Topliss-reactive ketones (excluding diaryl/α,β-unsaturated/α-hetero) is 1. The zero-order valence-electron chi connectivity index (χ0n) is 31.0. The van der Waals surface area contributed by atoms with Gasteiger partial charge in [0, 0.05) is 5.92 Å². The van der Waals surface area contributed by atoms with Gasteiger partial charge in [-0.2, -0.15) is 0 Å². The van der Waals surface area contributed by atoms with Gasteiger partial charge < -0.3 is 39.4 Å². The summed E-state index contributed by atoms with van der Waals surface area (Å²) < 4.78 is 25.9. The van der Waals surface area contributed by atoms with Crippen LogP contribution in [0.25, 0.3) is 0 Å². The number of aliphatic hydroxyl groups excluding tert-OH is 1. The molecule has 0 aromatic heterocycles. The van der Waals surface area contributed by atoms with Crippen LogP contribution in [0.5, 0.6) is 0 Å². The van der Waals surface area contributed by atoms with Crippen LogP contribution < -0.4 is 10.6 Å². The Bertz CT molecular complexity index is 1320. The maximum Gasteiger partial charge on any atom is 0.408 e. The zero-order chi connectivity index (χ0) is 38.8. The second-order valence-corrected chi connectivity index (χ2v) is 13.2. The van der Waals surface area contributed by atoms with Crippen LogP contribution in [-0.4, -0.2) is 90.4 Å². The Hall–Kier alpha value is -4.53. The summed E-state index contributed by atoms with van der Waals surface area (Å²) in [4.78, 5) is 89.7. The van der Waals surface area contributed by atoms with Gasteiger partial charge in [-0.3, -0.25) is 14.4 Å². The third-order valence-electron chi connectivity index (χ3n) is 7.72. The Morgan fingerprint density at radius 2 is 1.37 bits per heavy atom. The maximum absolute atomic E-state index is 13.4. The van der Waals surface area contributed by atoms with Crippen molar-refractivity contribution in [1.29, 1.82) is 0 Å². The monoisotopic (exact) mass is 722 g/mol. The number of rotatable bonds is 21. The van der Waals surface area contributed by atoms with E-state index in [0.717, 1.165) is 7.11 Å². The molecule has 15 nitrogen and oxygen atoms in total. The van der Waals surface area contributed by atoms with Crippen LogP contribution in [0.1, 0.15) is 86.6 Å². The number of amides is 2. The molecule has 286 valence electrons. The molecule has 3 N–H and O–H groups in total. The van der Waals surface area contributed by atoms with Gasteiger partial charge in [-0.25, -0.2) is 19.2 Å². The van der Waals surface area contributed by atoms with E-state index in [0.29, 0.717) is 12.0 Å². The Labute approximate surface area is 299 Å². The third kappa shape index (κ3) is 16.4. The number of alkyl carbamates (subject to hydrolysis) is 1. The predicted octanol–water partition coefficient (Wildman–Crippen LogP) is 3.17. The molecule has 0 spiro atoms. The molecule has 15 heteroatoms. The van der Waals surface area contributed by atoms with E-state index in [4.69, 9.17) is 18.9 Å². The molecule has 0 aliphatic rings. The fraction of sp³-hybridized carbons (Fsp3) is 0.639. The second kappa shape index (κ2) is 22.3. The van der Waals surface area contributed by atoms with Crippen molar-refractivity contribution in [2.75, 3.05) is 7.11 Å². The van der Waals surface area contributed by atoms with Gasteiger partial charge in [-0.15, -0.1) is 0 Å². The van der Waals surface area contributed by atoms with Crippen molar-refractivity contribution in [3.8, 4) is 0 Å². The van der Waals surface area contributed by atoms with Gasteiger partial charge in [0.15, 0.2) is 30.1 Å². The summed E-state index contributed by atoms with van der Waals surface area (Å²) in [5.41, 5.74) is 0.655. The summed E-state index contributed by atoms with van der Waals surface area (Å²) >= 11 is 0. The quantitative estimate of drug-likeness (QED) is 0.0947. The number of nitrogens with one attached hydrogen (secondary N) is 2. The lowest BCUT2D eigenvalue weighted by molar-refractivity contribution is -0.178. The number of ether oxygens (including phenoxy) is 5. The number of esters is 4. The van der Waals surface area contributed by atoms with Crippen molar-refractivity contribution in [3.63, 3.8) is 0 Å². The van der Waals surface area contributed by atoms with E-state index in [1.807, 2.05) is 13.8 Å². The standard InChI is InChI=1S/C36H54N2O13/c1-10-22(6)31(32(42)37-26(16-20(2)3)27(39)18-29(41)47-9)51-33(43)24(8)50-35(45)30(23(7)49-34(44)28(40)17-21(4)5)38-36(46)48-19-25-14-12-11-13-15-25/h11-15,20-24,26,28,30-31,40H,10,16-19H2,1-9H3,(H,37,42)(H,38,46)/t22?,23-,24+,26+,28+,30+,31+/m1/s1. The zero-order valence-corrected chi connectivity index (χ0v) is 31.0. The molecular formula is C36H54N2O13.